The van der Waals surface area contributed by atoms with E-state index in [1.165, 1.54) is 12.1 Å². The Kier molecular flexibility index (Phi) is 10.5. The monoisotopic (exact) mass is 569 g/mol. The Hall–Kier alpha value is -1.07. The molecule has 0 aromatic heterocycles. The fourth-order valence-corrected chi connectivity index (χ4v) is 4.37. The van der Waals surface area contributed by atoms with Crippen molar-refractivity contribution >= 4 is 29.9 Å². The molecule has 9 heteroatoms. The minimum absolute atomic E-state index is 0. The quantitative estimate of drug-likeness (QED) is 0.203. The van der Waals surface area contributed by atoms with Gasteiger partial charge in [0.05, 0.1) is 31.9 Å². The highest BCUT2D eigenvalue weighted by Crippen LogP contribution is 2.45. The molecular formula is C23H35F3IN3O2. The van der Waals surface area contributed by atoms with Crippen LogP contribution >= 0.6 is 24.0 Å². The topological polar surface area (TPSA) is 46.1 Å². The molecule has 0 bridgehead atoms. The maximum Gasteiger partial charge on any atom is 0.416 e. The Labute approximate surface area is 206 Å². The number of nitrogens with zero attached hydrogens (tertiary/aromatic N) is 2. The van der Waals surface area contributed by atoms with Crippen LogP contribution in [0.2, 0.25) is 0 Å². The molecule has 1 aliphatic carbocycles. The average molecular weight is 569 g/mol. The molecule has 0 amide bonds. The molecule has 1 heterocycles. The number of hydrogen-bond acceptors (Lipinski definition) is 3. The number of alkyl halides is 3. The van der Waals surface area contributed by atoms with Gasteiger partial charge in [0.1, 0.15) is 0 Å². The van der Waals surface area contributed by atoms with E-state index in [0.29, 0.717) is 32.3 Å². The molecular weight excluding hydrogens is 534 g/mol. The van der Waals surface area contributed by atoms with Crippen LogP contribution in [0.25, 0.3) is 0 Å². The van der Waals surface area contributed by atoms with E-state index in [4.69, 9.17) is 14.5 Å². The second-order valence-corrected chi connectivity index (χ2v) is 8.55. The number of benzene rings is 1. The van der Waals surface area contributed by atoms with Crippen LogP contribution < -0.4 is 5.32 Å². The number of ether oxygens (including phenoxy) is 2. The van der Waals surface area contributed by atoms with E-state index >= 15 is 0 Å². The highest BCUT2D eigenvalue weighted by molar-refractivity contribution is 14.0. The summed E-state index contributed by atoms with van der Waals surface area (Å²) in [6.07, 6.45) is -0.529. The summed E-state index contributed by atoms with van der Waals surface area (Å²) in [4.78, 5) is 7.13. The molecule has 0 spiro atoms. The number of guanidine groups is 1. The summed E-state index contributed by atoms with van der Waals surface area (Å²) < 4.78 is 50.3. The summed E-state index contributed by atoms with van der Waals surface area (Å²) >= 11 is 0. The maximum atomic E-state index is 13.2. The number of methoxy groups -OCH3 is 1. The Morgan fingerprint density at radius 2 is 2.06 bits per heavy atom. The van der Waals surface area contributed by atoms with Crippen LogP contribution in [0.1, 0.15) is 43.7 Å². The number of aliphatic imine (C=N–C) groups is 1. The Bertz CT molecular complexity index is 741. The summed E-state index contributed by atoms with van der Waals surface area (Å²) in [6, 6.07) is 5.79. The molecule has 32 heavy (non-hydrogen) atoms. The third-order valence-corrected chi connectivity index (χ3v) is 6.35. The molecule has 5 nitrogen and oxygen atoms in total. The van der Waals surface area contributed by atoms with Crippen LogP contribution in [0, 0.1) is 5.92 Å². The molecule has 1 aromatic rings. The van der Waals surface area contributed by atoms with Gasteiger partial charge in [0.2, 0.25) is 0 Å². The van der Waals surface area contributed by atoms with Gasteiger partial charge >= 0.3 is 6.18 Å². The number of hydrogen-bond donors (Lipinski definition) is 1. The zero-order chi connectivity index (χ0) is 22.3. The van der Waals surface area contributed by atoms with Crippen LogP contribution in [0.15, 0.2) is 29.3 Å². The Morgan fingerprint density at radius 1 is 1.28 bits per heavy atom. The zero-order valence-corrected chi connectivity index (χ0v) is 21.2. The Balaban J connectivity index is 0.00000363. The molecule has 0 radical (unpaired) electrons. The summed E-state index contributed by atoms with van der Waals surface area (Å²) in [7, 11) is 1.66. The number of rotatable bonds is 9. The third-order valence-electron chi connectivity index (χ3n) is 6.35. The SMILES string of the molecule is CCNC(=NCC1(c2cccc(C(F)(F)F)c2)CCC1)N1CCC(COCCOC)C1.I. The van der Waals surface area contributed by atoms with Crippen LogP contribution in [0.3, 0.4) is 0 Å². The highest BCUT2D eigenvalue weighted by atomic mass is 127. The van der Waals surface area contributed by atoms with E-state index in [0.717, 1.165) is 62.9 Å². The zero-order valence-electron chi connectivity index (χ0n) is 18.9. The molecule has 1 saturated heterocycles. The lowest BCUT2D eigenvalue weighted by molar-refractivity contribution is -0.137. The number of halogens is 4. The summed E-state index contributed by atoms with van der Waals surface area (Å²) in [6.45, 7) is 6.95. The molecule has 3 rings (SSSR count). The van der Waals surface area contributed by atoms with Gasteiger partial charge < -0.3 is 19.7 Å². The highest BCUT2D eigenvalue weighted by Gasteiger charge is 2.40. The van der Waals surface area contributed by atoms with Gasteiger partial charge in [-0.3, -0.25) is 4.99 Å². The van der Waals surface area contributed by atoms with E-state index in [1.54, 1.807) is 7.11 Å². The van der Waals surface area contributed by atoms with Gasteiger partial charge in [-0.25, -0.2) is 0 Å². The fraction of sp³-hybridized carbons (Fsp3) is 0.696. The predicted molar refractivity (Wildman–Crippen MR) is 131 cm³/mol. The molecule has 182 valence electrons. The molecule has 1 aromatic carbocycles. The molecule has 1 unspecified atom stereocenters. The smallest absolute Gasteiger partial charge is 0.382 e. The van der Waals surface area contributed by atoms with Crippen LogP contribution in [0.5, 0.6) is 0 Å². The van der Waals surface area contributed by atoms with Gasteiger partial charge in [-0.2, -0.15) is 13.2 Å². The molecule has 2 aliphatic rings. The van der Waals surface area contributed by atoms with Crippen LogP contribution in [-0.2, 0) is 21.1 Å². The molecule has 2 fully saturated rings. The maximum absolute atomic E-state index is 13.2. The fourth-order valence-electron chi connectivity index (χ4n) is 4.37. The summed E-state index contributed by atoms with van der Waals surface area (Å²) in [5.41, 5.74) is -0.133. The molecule has 1 atom stereocenters. The van der Waals surface area contributed by atoms with Gasteiger partial charge in [-0.1, -0.05) is 24.6 Å². The largest absolute Gasteiger partial charge is 0.416 e. The second kappa shape index (κ2) is 12.4. The van der Waals surface area contributed by atoms with Gasteiger partial charge in [-0.15, -0.1) is 24.0 Å². The number of nitrogens with one attached hydrogen (secondary N) is 1. The van der Waals surface area contributed by atoms with Crippen molar-refractivity contribution in [2.75, 3.05) is 53.1 Å². The first-order chi connectivity index (χ1) is 14.9. The van der Waals surface area contributed by atoms with Gasteiger partial charge in [-0.05, 0) is 37.8 Å². The van der Waals surface area contributed by atoms with Gasteiger partial charge in [0, 0.05) is 38.1 Å². The minimum atomic E-state index is -4.32. The number of likely N-dealkylation sites (tertiary alicyclic amines) is 1. The molecule has 1 N–H and O–H groups in total. The summed E-state index contributed by atoms with van der Waals surface area (Å²) in [5, 5.41) is 3.36. The standard InChI is InChI=1S/C23H34F3N3O2.HI/c1-3-27-21(29-11-8-18(15-29)16-31-13-12-30-2)28-17-22(9-5-10-22)19-6-4-7-20(14-19)23(24,25)26;/h4,6-7,14,18H,3,5,8-13,15-17H2,1-2H3,(H,27,28);1H. The third kappa shape index (κ3) is 6.96. The van der Waals surface area contributed by atoms with Crippen molar-refractivity contribution < 1.29 is 22.6 Å². The van der Waals surface area contributed by atoms with Crippen molar-refractivity contribution in [2.24, 2.45) is 10.9 Å². The Morgan fingerprint density at radius 3 is 2.69 bits per heavy atom. The van der Waals surface area contributed by atoms with Crippen LogP contribution in [0.4, 0.5) is 13.2 Å². The van der Waals surface area contributed by atoms with Crippen LogP contribution in [-0.4, -0.2) is 64.0 Å². The van der Waals surface area contributed by atoms with E-state index < -0.39 is 11.7 Å². The lowest BCUT2D eigenvalue weighted by Crippen LogP contribution is -2.43. The molecule has 1 aliphatic heterocycles. The first-order valence-electron chi connectivity index (χ1n) is 11.2. The second-order valence-electron chi connectivity index (χ2n) is 8.55. The van der Waals surface area contributed by atoms with Crippen molar-refractivity contribution in [3.8, 4) is 0 Å². The van der Waals surface area contributed by atoms with Gasteiger partial charge in [0.15, 0.2) is 5.96 Å². The van der Waals surface area contributed by atoms with Crippen molar-refractivity contribution in [1.82, 2.24) is 10.2 Å². The van der Waals surface area contributed by atoms with Crippen molar-refractivity contribution in [1.29, 1.82) is 0 Å². The molecule has 1 saturated carbocycles. The van der Waals surface area contributed by atoms with E-state index in [1.807, 2.05) is 13.0 Å². The van der Waals surface area contributed by atoms with Crippen molar-refractivity contribution in [2.45, 2.75) is 44.2 Å². The minimum Gasteiger partial charge on any atom is -0.382 e. The van der Waals surface area contributed by atoms with E-state index in [2.05, 4.69) is 10.2 Å². The average Bonchev–Trinajstić information content (AvgIpc) is 3.18. The first-order valence-corrected chi connectivity index (χ1v) is 11.2. The van der Waals surface area contributed by atoms with Gasteiger partial charge in [0.25, 0.3) is 0 Å². The van der Waals surface area contributed by atoms with E-state index in [-0.39, 0.29) is 29.4 Å². The van der Waals surface area contributed by atoms with Crippen molar-refractivity contribution in [3.63, 3.8) is 0 Å². The first kappa shape index (κ1) is 27.2. The van der Waals surface area contributed by atoms with Crippen molar-refractivity contribution in [3.05, 3.63) is 35.4 Å². The lowest BCUT2D eigenvalue weighted by Gasteiger charge is -2.42. The normalized spacial score (nSPS) is 20.6. The summed E-state index contributed by atoms with van der Waals surface area (Å²) in [5.74, 6) is 1.29. The van der Waals surface area contributed by atoms with E-state index in [9.17, 15) is 13.2 Å². The predicted octanol–water partition coefficient (Wildman–Crippen LogP) is 4.70. The lowest BCUT2D eigenvalue weighted by atomic mass is 9.64.